The number of benzene rings is 1. The Hall–Kier alpha value is -3.40. The largest absolute Gasteiger partial charge is 0.490 e. The summed E-state index contributed by atoms with van der Waals surface area (Å²) in [5, 5.41) is 6.57. The van der Waals surface area contributed by atoms with Gasteiger partial charge >= 0.3 is 5.76 Å². The molecule has 0 bridgehead atoms. The molecule has 0 radical (unpaired) electrons. The van der Waals surface area contributed by atoms with Crippen molar-refractivity contribution in [2.24, 2.45) is 0 Å². The van der Waals surface area contributed by atoms with E-state index >= 15 is 0 Å². The first kappa shape index (κ1) is 18.0. The number of nitrogens with zero attached hydrogens (tertiary/aromatic N) is 4. The highest BCUT2D eigenvalue weighted by Crippen LogP contribution is 2.37. The minimum absolute atomic E-state index is 0.0468. The summed E-state index contributed by atoms with van der Waals surface area (Å²) in [6.45, 7) is 0.662. The van der Waals surface area contributed by atoms with Crippen LogP contribution >= 0.6 is 11.6 Å². The van der Waals surface area contributed by atoms with Gasteiger partial charge in [-0.3, -0.25) is 9.32 Å². The molecule has 11 heteroatoms. The molecule has 3 aromatic rings. The van der Waals surface area contributed by atoms with Gasteiger partial charge in [-0.25, -0.2) is 19.3 Å². The third kappa shape index (κ3) is 3.67. The van der Waals surface area contributed by atoms with Crippen molar-refractivity contribution in [3.63, 3.8) is 0 Å². The molecule has 1 aromatic carbocycles. The van der Waals surface area contributed by atoms with Crippen molar-refractivity contribution in [2.45, 2.75) is 13.0 Å². The molecule has 0 saturated carbocycles. The Morgan fingerprint density at radius 1 is 1.18 bits per heavy atom. The number of amides is 1. The van der Waals surface area contributed by atoms with Gasteiger partial charge in [0, 0.05) is 30.9 Å². The first-order valence-corrected chi connectivity index (χ1v) is 8.72. The summed E-state index contributed by atoms with van der Waals surface area (Å²) >= 11 is 6.23. The van der Waals surface area contributed by atoms with Gasteiger partial charge in [-0.1, -0.05) is 16.8 Å². The van der Waals surface area contributed by atoms with Crippen molar-refractivity contribution in [1.82, 2.24) is 19.7 Å². The number of hydrogen-bond acceptors (Lipinski definition) is 8. The fraction of sp³-hybridized carbons (Fsp3) is 0.235. The van der Waals surface area contributed by atoms with Crippen LogP contribution in [-0.2, 0) is 11.3 Å². The number of anilines is 1. The van der Waals surface area contributed by atoms with Crippen LogP contribution in [-0.4, -0.2) is 38.8 Å². The van der Waals surface area contributed by atoms with E-state index in [0.29, 0.717) is 30.4 Å². The highest BCUT2D eigenvalue weighted by molar-refractivity contribution is 6.34. The molecule has 28 heavy (non-hydrogen) atoms. The molecular weight excluding hydrogens is 390 g/mol. The Morgan fingerprint density at radius 2 is 1.89 bits per heavy atom. The number of carbonyl (C=O) groups excluding carboxylic acids is 1. The predicted molar refractivity (Wildman–Crippen MR) is 97.5 cm³/mol. The lowest BCUT2D eigenvalue weighted by Crippen LogP contribution is -2.26. The summed E-state index contributed by atoms with van der Waals surface area (Å²) in [5.41, 5.74) is 0.331. The smallest absolute Gasteiger partial charge is 0.442 e. The molecule has 144 valence electrons. The third-order valence-electron chi connectivity index (χ3n) is 3.87. The monoisotopic (exact) mass is 403 g/mol. The van der Waals surface area contributed by atoms with Crippen LogP contribution in [0.15, 0.2) is 39.9 Å². The fourth-order valence-corrected chi connectivity index (χ4v) is 2.80. The lowest BCUT2D eigenvalue weighted by Gasteiger charge is -2.12. The van der Waals surface area contributed by atoms with Gasteiger partial charge < -0.3 is 14.8 Å². The van der Waals surface area contributed by atoms with E-state index in [9.17, 15) is 9.59 Å². The van der Waals surface area contributed by atoms with E-state index < -0.39 is 11.7 Å². The normalized spacial score (nSPS) is 13.0. The Kier molecular flexibility index (Phi) is 4.94. The molecule has 0 fully saturated rings. The molecule has 3 heterocycles. The Balaban J connectivity index is 1.56. The lowest BCUT2D eigenvalue weighted by atomic mass is 10.2. The molecule has 1 aliphatic rings. The zero-order valence-corrected chi connectivity index (χ0v) is 15.2. The number of carbonyl (C=O) groups is 1. The van der Waals surface area contributed by atoms with E-state index in [1.165, 1.54) is 12.4 Å². The molecule has 0 spiro atoms. The third-order valence-corrected chi connectivity index (χ3v) is 4.18. The summed E-state index contributed by atoms with van der Waals surface area (Å²) in [5.74, 6) is -0.113. The molecule has 2 aromatic heterocycles. The summed E-state index contributed by atoms with van der Waals surface area (Å²) in [4.78, 5) is 32.4. The maximum atomic E-state index is 12.5. The number of aromatic nitrogens is 4. The first-order chi connectivity index (χ1) is 13.6. The molecule has 4 rings (SSSR count). The van der Waals surface area contributed by atoms with Gasteiger partial charge in [-0.15, -0.1) is 0 Å². The molecular formula is C17H14ClN5O5. The summed E-state index contributed by atoms with van der Waals surface area (Å²) in [7, 11) is 0. The molecule has 0 saturated heterocycles. The van der Waals surface area contributed by atoms with Crippen LogP contribution in [0.3, 0.4) is 0 Å². The summed E-state index contributed by atoms with van der Waals surface area (Å²) in [6.07, 6.45) is 3.72. The molecule has 1 amide bonds. The van der Waals surface area contributed by atoms with Crippen molar-refractivity contribution in [3.8, 4) is 23.1 Å². The average Bonchev–Trinajstić information content (AvgIpc) is 2.90. The van der Waals surface area contributed by atoms with E-state index in [-0.39, 0.29) is 23.2 Å². The maximum absolute atomic E-state index is 12.5. The van der Waals surface area contributed by atoms with Crippen LogP contribution in [0.5, 0.6) is 11.5 Å². The maximum Gasteiger partial charge on any atom is 0.442 e. The van der Waals surface area contributed by atoms with Crippen LogP contribution in [0, 0.1) is 0 Å². The Labute approximate surface area is 163 Å². The van der Waals surface area contributed by atoms with Crippen LogP contribution < -0.4 is 20.5 Å². The van der Waals surface area contributed by atoms with Gasteiger partial charge in [0.15, 0.2) is 17.3 Å². The van der Waals surface area contributed by atoms with E-state index in [0.717, 1.165) is 11.0 Å². The Bertz CT molecular complexity index is 1070. The van der Waals surface area contributed by atoms with E-state index in [2.05, 4.69) is 25.0 Å². The van der Waals surface area contributed by atoms with E-state index in [1.54, 1.807) is 18.2 Å². The average molecular weight is 404 g/mol. The first-order valence-electron chi connectivity index (χ1n) is 8.35. The highest BCUT2D eigenvalue weighted by atomic mass is 35.5. The van der Waals surface area contributed by atoms with Crippen LogP contribution in [0.1, 0.15) is 6.42 Å². The summed E-state index contributed by atoms with van der Waals surface area (Å²) in [6, 6.07) is 4.77. The number of fused-ring (bicyclic) bond motifs is 1. The van der Waals surface area contributed by atoms with E-state index in [4.69, 9.17) is 21.1 Å². The zero-order valence-electron chi connectivity index (χ0n) is 14.4. The highest BCUT2D eigenvalue weighted by Gasteiger charge is 2.20. The Morgan fingerprint density at radius 3 is 2.64 bits per heavy atom. The van der Waals surface area contributed by atoms with Gasteiger partial charge in [0.2, 0.25) is 11.7 Å². The predicted octanol–water partition coefficient (Wildman–Crippen LogP) is 1.75. The van der Waals surface area contributed by atoms with Gasteiger partial charge in [0.25, 0.3) is 0 Å². The second-order valence-electron chi connectivity index (χ2n) is 5.81. The number of rotatable bonds is 4. The van der Waals surface area contributed by atoms with Gasteiger partial charge in [0.05, 0.1) is 23.9 Å². The summed E-state index contributed by atoms with van der Waals surface area (Å²) < 4.78 is 16.8. The number of nitrogens with one attached hydrogen (secondary N) is 1. The van der Waals surface area contributed by atoms with E-state index in [1.807, 2.05) is 0 Å². The van der Waals surface area contributed by atoms with Gasteiger partial charge in [-0.05, 0) is 6.07 Å². The zero-order chi connectivity index (χ0) is 19.5. The second kappa shape index (κ2) is 7.69. The number of halogens is 1. The van der Waals surface area contributed by atoms with Crippen molar-refractivity contribution >= 4 is 23.2 Å². The van der Waals surface area contributed by atoms with Crippen molar-refractivity contribution in [1.29, 1.82) is 0 Å². The molecule has 1 N–H and O–H groups in total. The lowest BCUT2D eigenvalue weighted by molar-refractivity contribution is -0.116. The molecule has 10 nitrogen and oxygen atoms in total. The van der Waals surface area contributed by atoms with Crippen molar-refractivity contribution in [2.75, 3.05) is 18.5 Å². The molecule has 0 aliphatic carbocycles. The van der Waals surface area contributed by atoms with Crippen LogP contribution in [0.25, 0.3) is 11.6 Å². The van der Waals surface area contributed by atoms with Crippen molar-refractivity contribution < 1.29 is 18.8 Å². The fourth-order valence-electron chi connectivity index (χ4n) is 2.60. The molecule has 0 unspecified atom stereocenters. The molecule has 0 atom stereocenters. The van der Waals surface area contributed by atoms with Crippen LogP contribution in [0.2, 0.25) is 5.02 Å². The number of ether oxygens (including phenoxy) is 2. The SMILES string of the molecule is O=C(Cn1c(-c2ncccn2)noc1=O)Nc1cc2c(cc1Cl)OCCCO2. The van der Waals surface area contributed by atoms with Gasteiger partial charge in [0.1, 0.15) is 6.54 Å². The molecule has 1 aliphatic heterocycles. The second-order valence-corrected chi connectivity index (χ2v) is 6.22. The van der Waals surface area contributed by atoms with Crippen LogP contribution in [0.4, 0.5) is 5.69 Å². The minimum Gasteiger partial charge on any atom is -0.490 e. The van der Waals surface area contributed by atoms with Crippen molar-refractivity contribution in [3.05, 3.63) is 46.2 Å². The number of hydrogen-bond donors (Lipinski definition) is 1. The van der Waals surface area contributed by atoms with Gasteiger partial charge in [-0.2, -0.15) is 0 Å². The standard InChI is InChI=1S/C17H14ClN5O5/c18-10-7-12-13(27-6-2-5-26-12)8-11(10)21-14(24)9-23-16(22-28-17(23)25)15-19-3-1-4-20-15/h1,3-4,7-8H,2,5-6,9H2,(H,21,24). The topological polar surface area (TPSA) is 121 Å². The quantitative estimate of drug-likeness (QED) is 0.699. The minimum atomic E-state index is -0.803.